The Morgan fingerprint density at radius 3 is 1.86 bits per heavy atom. The van der Waals surface area contributed by atoms with E-state index in [0.717, 1.165) is 66.5 Å². The summed E-state index contributed by atoms with van der Waals surface area (Å²) in [7, 11) is -2.14. The van der Waals surface area contributed by atoms with Gasteiger partial charge in [-0.1, -0.05) is 159 Å². The van der Waals surface area contributed by atoms with E-state index in [0.29, 0.717) is 17.5 Å². The Morgan fingerprint density at radius 2 is 1.05 bits per heavy atom. The molecule has 278 valence electrons. The lowest BCUT2D eigenvalue weighted by molar-refractivity contribution is 0.670. The molecule has 0 fully saturated rings. The van der Waals surface area contributed by atoms with Crippen LogP contribution in [0.3, 0.4) is 0 Å². The summed E-state index contributed by atoms with van der Waals surface area (Å²) >= 11 is 0. The van der Waals surface area contributed by atoms with Gasteiger partial charge in [0.15, 0.2) is 17.5 Å². The number of hydrogen-bond donors (Lipinski definition) is 0. The van der Waals surface area contributed by atoms with Crippen molar-refractivity contribution in [1.82, 2.24) is 19.5 Å². The van der Waals surface area contributed by atoms with E-state index in [9.17, 15) is 0 Å². The Balaban J connectivity index is 1.17. The molecule has 0 saturated carbocycles. The zero-order chi connectivity index (χ0) is 39.2. The molecule has 0 N–H and O–H groups in total. The Bertz CT molecular complexity index is 3480. The minimum atomic E-state index is -2.14. The summed E-state index contributed by atoms with van der Waals surface area (Å²) in [5, 5.41) is 7.21. The fraction of sp³-hybridized carbons (Fsp3) is 0.0377. The standard InChI is InChI=1S/C53H36N4OSi/c1-59(2)46-28-16-13-25-41(46)49-47(59)32-42(48-40-24-12-15-27-45(40)58-50(48)49)53-55-51(54-52(56-53)39-23-10-9-21-36(39)33-17-5-3-6-18-33)34-29-30-38-37-22-11-14-26-43(37)57(44(38)31-34)35-19-7-4-8-20-35/h3-32H,1-2H3. The quantitative estimate of drug-likeness (QED) is 0.164. The number of fused-ring (bicyclic) bond motifs is 10. The molecule has 4 heterocycles. The molecule has 0 amide bonds. The molecule has 6 heteroatoms. The maximum absolute atomic E-state index is 6.89. The van der Waals surface area contributed by atoms with Crippen LogP contribution in [-0.4, -0.2) is 27.6 Å². The third-order valence-corrected chi connectivity index (χ3v) is 15.8. The molecule has 0 aliphatic carbocycles. The average Bonchev–Trinajstić information content (AvgIpc) is 3.92. The summed E-state index contributed by atoms with van der Waals surface area (Å²) < 4.78 is 9.24. The fourth-order valence-corrected chi connectivity index (χ4v) is 12.5. The highest BCUT2D eigenvalue weighted by Crippen LogP contribution is 2.44. The first-order valence-corrected chi connectivity index (χ1v) is 23.1. The molecule has 1 aliphatic rings. The van der Waals surface area contributed by atoms with Gasteiger partial charge in [0.2, 0.25) is 0 Å². The lowest BCUT2D eigenvalue weighted by Crippen LogP contribution is -2.49. The van der Waals surface area contributed by atoms with E-state index in [4.69, 9.17) is 19.4 Å². The topological polar surface area (TPSA) is 56.7 Å². The number of furan rings is 1. The monoisotopic (exact) mass is 772 g/mol. The fourth-order valence-electron chi connectivity index (χ4n) is 9.49. The van der Waals surface area contributed by atoms with E-state index < -0.39 is 8.07 Å². The SMILES string of the molecule is C[Si]1(C)c2ccccc2-c2c1cc(-c1nc(-c3ccc4c5ccccc5n(-c5ccccc5)c4c3)nc(-c3ccccc3-c3ccccc3)n1)c1c2oc2ccccc21. The predicted molar refractivity (Wildman–Crippen MR) is 245 cm³/mol. The van der Waals surface area contributed by atoms with Crippen LogP contribution in [0.4, 0.5) is 0 Å². The largest absolute Gasteiger partial charge is 0.455 e. The highest BCUT2D eigenvalue weighted by atomic mass is 28.3. The van der Waals surface area contributed by atoms with E-state index in [1.165, 1.54) is 32.3 Å². The van der Waals surface area contributed by atoms with Crippen molar-refractivity contribution in [3.63, 3.8) is 0 Å². The van der Waals surface area contributed by atoms with Crippen molar-refractivity contribution < 1.29 is 4.42 Å². The summed E-state index contributed by atoms with van der Waals surface area (Å²) in [5.41, 5.74) is 12.5. The van der Waals surface area contributed by atoms with E-state index in [1.807, 2.05) is 12.1 Å². The number of para-hydroxylation sites is 3. The smallest absolute Gasteiger partial charge is 0.164 e. The first-order chi connectivity index (χ1) is 29.0. The van der Waals surface area contributed by atoms with E-state index in [-0.39, 0.29) is 0 Å². The van der Waals surface area contributed by atoms with Gasteiger partial charge in [0.25, 0.3) is 0 Å². The number of aromatic nitrogens is 4. The number of benzene rings is 8. The van der Waals surface area contributed by atoms with Crippen LogP contribution < -0.4 is 10.4 Å². The molecule has 8 aromatic carbocycles. The maximum atomic E-state index is 6.89. The molecule has 12 rings (SSSR count). The van der Waals surface area contributed by atoms with Crippen molar-refractivity contribution in [3.8, 4) is 62.1 Å². The molecule has 0 bridgehead atoms. The van der Waals surface area contributed by atoms with E-state index >= 15 is 0 Å². The van der Waals surface area contributed by atoms with Crippen LogP contribution >= 0.6 is 0 Å². The zero-order valence-corrected chi connectivity index (χ0v) is 33.5. The molecule has 0 unspecified atom stereocenters. The van der Waals surface area contributed by atoms with Gasteiger partial charge in [-0.05, 0) is 63.5 Å². The number of nitrogens with zero attached hydrogens (tertiary/aromatic N) is 4. The van der Waals surface area contributed by atoms with Crippen LogP contribution in [0.1, 0.15) is 0 Å². The van der Waals surface area contributed by atoms with Crippen molar-refractivity contribution in [2.45, 2.75) is 13.1 Å². The second kappa shape index (κ2) is 12.8. The molecule has 0 atom stereocenters. The highest BCUT2D eigenvalue weighted by Gasteiger charge is 2.40. The molecule has 59 heavy (non-hydrogen) atoms. The lowest BCUT2D eigenvalue weighted by Gasteiger charge is -2.19. The summed E-state index contributed by atoms with van der Waals surface area (Å²) in [4.78, 5) is 16.3. The Kier molecular flexibility index (Phi) is 7.31. The molecule has 3 aromatic heterocycles. The van der Waals surface area contributed by atoms with Crippen molar-refractivity contribution in [3.05, 3.63) is 182 Å². The van der Waals surface area contributed by atoms with Crippen molar-refractivity contribution >= 4 is 62.2 Å². The lowest BCUT2D eigenvalue weighted by atomic mass is 9.97. The van der Waals surface area contributed by atoms with Crippen LogP contribution in [0.2, 0.25) is 13.1 Å². The van der Waals surface area contributed by atoms with Gasteiger partial charge in [-0.2, -0.15) is 0 Å². The second-order valence-electron chi connectivity index (χ2n) is 16.0. The van der Waals surface area contributed by atoms with Gasteiger partial charge in [-0.3, -0.25) is 0 Å². The minimum Gasteiger partial charge on any atom is -0.455 e. The number of rotatable bonds is 5. The molecular formula is C53H36N4OSi. The van der Waals surface area contributed by atoms with E-state index in [2.05, 4.69) is 188 Å². The Hall–Kier alpha value is -7.41. The van der Waals surface area contributed by atoms with Crippen molar-refractivity contribution in [2.75, 3.05) is 0 Å². The first-order valence-electron chi connectivity index (χ1n) is 20.1. The van der Waals surface area contributed by atoms with Gasteiger partial charge < -0.3 is 8.98 Å². The maximum Gasteiger partial charge on any atom is 0.164 e. The molecule has 1 aliphatic heterocycles. The molecule has 5 nitrogen and oxygen atoms in total. The summed E-state index contributed by atoms with van der Waals surface area (Å²) in [6.07, 6.45) is 0. The van der Waals surface area contributed by atoms with Gasteiger partial charge in [-0.25, -0.2) is 15.0 Å². The van der Waals surface area contributed by atoms with E-state index in [1.54, 1.807) is 0 Å². The first kappa shape index (κ1) is 33.7. The zero-order valence-electron chi connectivity index (χ0n) is 32.5. The minimum absolute atomic E-state index is 0.612. The molecule has 0 radical (unpaired) electrons. The van der Waals surface area contributed by atoms with Crippen LogP contribution in [0, 0.1) is 0 Å². The molecular weight excluding hydrogens is 737 g/mol. The predicted octanol–water partition coefficient (Wildman–Crippen LogP) is 12.3. The van der Waals surface area contributed by atoms with Gasteiger partial charge >= 0.3 is 0 Å². The summed E-state index contributed by atoms with van der Waals surface area (Å²) in [5.74, 6) is 1.85. The third-order valence-electron chi connectivity index (χ3n) is 12.3. The highest BCUT2D eigenvalue weighted by molar-refractivity contribution is 7.04. The molecule has 0 saturated heterocycles. The van der Waals surface area contributed by atoms with Crippen LogP contribution in [0.15, 0.2) is 186 Å². The Labute approximate surface area is 341 Å². The second-order valence-corrected chi connectivity index (χ2v) is 20.3. The van der Waals surface area contributed by atoms with Gasteiger partial charge in [-0.15, -0.1) is 0 Å². The van der Waals surface area contributed by atoms with Crippen LogP contribution in [-0.2, 0) is 0 Å². The summed E-state index contributed by atoms with van der Waals surface area (Å²) in [6, 6.07) is 64.3. The van der Waals surface area contributed by atoms with Crippen molar-refractivity contribution in [1.29, 1.82) is 0 Å². The number of hydrogen-bond acceptors (Lipinski definition) is 4. The normalized spacial score (nSPS) is 13.1. The third kappa shape index (κ3) is 5.06. The van der Waals surface area contributed by atoms with Crippen LogP contribution in [0.25, 0.3) is 106 Å². The van der Waals surface area contributed by atoms with Gasteiger partial charge in [0, 0.05) is 49.5 Å². The Morgan fingerprint density at radius 1 is 0.441 bits per heavy atom. The van der Waals surface area contributed by atoms with Gasteiger partial charge in [0.05, 0.1) is 11.0 Å². The average molecular weight is 773 g/mol. The summed E-state index contributed by atoms with van der Waals surface area (Å²) in [6.45, 7) is 4.88. The van der Waals surface area contributed by atoms with Crippen LogP contribution in [0.5, 0.6) is 0 Å². The molecule has 0 spiro atoms. The molecule has 11 aromatic rings. The van der Waals surface area contributed by atoms with Crippen molar-refractivity contribution in [2.24, 2.45) is 0 Å². The van der Waals surface area contributed by atoms with Gasteiger partial charge in [0.1, 0.15) is 19.2 Å².